The molecule has 47 heavy (non-hydrogen) atoms. The molecule has 3 heterocycles. The molecule has 13 heteroatoms. The number of aliphatic hydroxyl groups excluding tert-OH is 1. The van der Waals surface area contributed by atoms with Crippen molar-refractivity contribution in [1.82, 2.24) is 21.3 Å². The van der Waals surface area contributed by atoms with Crippen LogP contribution in [0.15, 0.2) is 0 Å². The van der Waals surface area contributed by atoms with E-state index in [4.69, 9.17) is 23.7 Å². The van der Waals surface area contributed by atoms with Gasteiger partial charge in [0, 0.05) is 31.2 Å². The fraction of sp³-hybridized carbons (Fsp3) is 0.912. The van der Waals surface area contributed by atoms with E-state index in [1.807, 2.05) is 27.8 Å². The number of rotatable bonds is 9. The average molecular weight is 669 g/mol. The Morgan fingerprint density at radius 2 is 1.81 bits per heavy atom. The Bertz CT molecular complexity index is 1090. The number of methoxy groups -OCH3 is 1. The number of alkyl carbamates (subject to hydrolysis) is 1. The van der Waals surface area contributed by atoms with Crippen molar-refractivity contribution in [2.45, 2.75) is 153 Å². The van der Waals surface area contributed by atoms with Crippen LogP contribution < -0.4 is 21.3 Å². The third-order valence-corrected chi connectivity index (χ3v) is 10.9. The number of aliphatic hydroxyl groups is 1. The minimum atomic E-state index is -1.15. The van der Waals surface area contributed by atoms with Gasteiger partial charge in [0.1, 0.15) is 18.1 Å². The van der Waals surface area contributed by atoms with Gasteiger partial charge in [-0.3, -0.25) is 9.59 Å². The molecule has 0 bridgehead atoms. The van der Waals surface area contributed by atoms with Crippen LogP contribution >= 0.6 is 0 Å². The van der Waals surface area contributed by atoms with E-state index in [1.54, 1.807) is 21.0 Å². The van der Waals surface area contributed by atoms with E-state index in [0.717, 1.165) is 13.0 Å². The number of hydrogen-bond acceptors (Lipinski definition) is 12. The van der Waals surface area contributed by atoms with Crippen molar-refractivity contribution in [2.24, 2.45) is 17.8 Å². The maximum absolute atomic E-state index is 14.1. The van der Waals surface area contributed by atoms with Crippen LogP contribution in [0.5, 0.6) is 0 Å². The number of hydrogen-bond donors (Lipinski definition) is 5. The van der Waals surface area contributed by atoms with Gasteiger partial charge in [-0.2, -0.15) is 0 Å². The van der Waals surface area contributed by atoms with E-state index >= 15 is 0 Å². The first-order valence-electron chi connectivity index (χ1n) is 17.6. The van der Waals surface area contributed by atoms with E-state index < -0.39 is 65.7 Å². The lowest BCUT2D eigenvalue weighted by molar-refractivity contribution is -0.293. The summed E-state index contributed by atoms with van der Waals surface area (Å²) in [5, 5.41) is 24.6. The minimum Gasteiger partial charge on any atom is -0.458 e. The Morgan fingerprint density at radius 1 is 1.11 bits per heavy atom. The highest BCUT2D eigenvalue weighted by atomic mass is 16.7. The second-order valence-corrected chi connectivity index (χ2v) is 14.8. The molecule has 0 aromatic heterocycles. The highest BCUT2D eigenvalue weighted by Crippen LogP contribution is 2.37. The monoisotopic (exact) mass is 668 g/mol. The van der Waals surface area contributed by atoms with Crippen LogP contribution in [0.2, 0.25) is 0 Å². The van der Waals surface area contributed by atoms with E-state index in [2.05, 4.69) is 28.2 Å². The highest BCUT2D eigenvalue weighted by Gasteiger charge is 2.55. The molecule has 3 unspecified atom stereocenters. The molecule has 4 rings (SSSR count). The molecule has 0 aromatic rings. The van der Waals surface area contributed by atoms with Crippen molar-refractivity contribution in [1.29, 1.82) is 0 Å². The molecule has 0 aromatic carbocycles. The molecule has 1 aliphatic carbocycles. The lowest BCUT2D eigenvalue weighted by Crippen LogP contribution is -2.60. The zero-order valence-electron chi connectivity index (χ0n) is 29.8. The first-order chi connectivity index (χ1) is 22.2. The molecule has 4 fully saturated rings. The molecule has 1 amide bonds. The normalized spacial score (nSPS) is 44.0. The van der Waals surface area contributed by atoms with Crippen molar-refractivity contribution in [3.05, 3.63) is 0 Å². The van der Waals surface area contributed by atoms with Crippen LogP contribution in [0.25, 0.3) is 0 Å². The summed E-state index contributed by atoms with van der Waals surface area (Å²) in [7, 11) is 3.40. The molecular formula is C34H60N4O9. The van der Waals surface area contributed by atoms with Crippen LogP contribution in [0.4, 0.5) is 4.79 Å². The van der Waals surface area contributed by atoms with Gasteiger partial charge in [-0.05, 0) is 92.3 Å². The Balaban J connectivity index is 1.64. The Hall–Kier alpha value is -1.87. The van der Waals surface area contributed by atoms with Crippen LogP contribution in [-0.4, -0.2) is 116 Å². The fourth-order valence-electron chi connectivity index (χ4n) is 7.74. The number of esters is 1. The zero-order chi connectivity index (χ0) is 34.7. The standard InChI is InChI=1S/C34H60N4O9/c1-10-25-34(7)28(38-32(42)47-34)21(5)37-17-18(2)16-33(6,43-9)29(19(3)26(39)20(4)30(41)45-25)46-31-27(40)24(35-8)15-23(44-31)13-14-36-22-11-12-22/h18-25,27-29,31,35-37,40H,10-17H2,1-9H3,(H,38,42)/t18-,19+,20-,21-,23?,24?,25-,27?,28-,29-,31+,33-,34-/m1/s1. The number of fused-ring (bicyclic) bond motifs is 1. The number of nitrogens with one attached hydrogen (secondary N) is 4. The summed E-state index contributed by atoms with van der Waals surface area (Å²) in [5.74, 6) is -3.02. The number of likely N-dealkylation sites (N-methyl/N-ethyl adjacent to an activating group) is 1. The number of carbonyl (C=O) groups excluding carboxylic acids is 3. The van der Waals surface area contributed by atoms with Gasteiger partial charge in [0.2, 0.25) is 0 Å². The fourth-order valence-corrected chi connectivity index (χ4v) is 7.74. The molecule has 270 valence electrons. The van der Waals surface area contributed by atoms with Crippen molar-refractivity contribution >= 4 is 17.8 Å². The molecule has 13 nitrogen and oxygen atoms in total. The largest absolute Gasteiger partial charge is 0.458 e. The Labute approximate surface area is 280 Å². The summed E-state index contributed by atoms with van der Waals surface area (Å²) >= 11 is 0. The molecule has 3 saturated heterocycles. The van der Waals surface area contributed by atoms with Crippen LogP contribution in [0, 0.1) is 17.8 Å². The van der Waals surface area contributed by atoms with Gasteiger partial charge in [0.15, 0.2) is 17.7 Å². The SMILES string of the molecule is CC[C@H]1OC(=O)[C@H](C)C(=O)[C@H](C)[C@@H](O[C@@H]2OC(CCNC3CC3)CC(NC)C2O)[C@](C)(OC)C[C@@H](C)CN[C@H](C)[C@H]2NC(=O)O[C@@]21C. The molecule has 3 aliphatic heterocycles. The van der Waals surface area contributed by atoms with E-state index in [9.17, 15) is 19.5 Å². The predicted octanol–water partition coefficient (Wildman–Crippen LogP) is 2.03. The molecule has 4 aliphatic rings. The van der Waals surface area contributed by atoms with Gasteiger partial charge < -0.3 is 50.1 Å². The Morgan fingerprint density at radius 3 is 2.43 bits per heavy atom. The van der Waals surface area contributed by atoms with Crippen molar-refractivity contribution in [3.8, 4) is 0 Å². The first kappa shape index (κ1) is 37.9. The number of Topliss-reactive ketones (excluding diaryl/α,β-unsaturated/α-hetero) is 1. The summed E-state index contributed by atoms with van der Waals surface area (Å²) in [4.78, 5) is 40.2. The van der Waals surface area contributed by atoms with Crippen molar-refractivity contribution < 1.29 is 43.2 Å². The summed E-state index contributed by atoms with van der Waals surface area (Å²) in [6.07, 6.45) is 0.217. The zero-order valence-corrected chi connectivity index (χ0v) is 29.8. The third kappa shape index (κ3) is 8.66. The van der Waals surface area contributed by atoms with E-state index in [1.165, 1.54) is 19.8 Å². The second kappa shape index (κ2) is 15.8. The lowest BCUT2D eigenvalue weighted by atomic mass is 9.78. The number of ketones is 1. The van der Waals surface area contributed by atoms with Gasteiger partial charge in [-0.25, -0.2) is 4.79 Å². The molecule has 0 radical (unpaired) electrons. The molecular weight excluding hydrogens is 608 g/mol. The first-order valence-corrected chi connectivity index (χ1v) is 17.6. The smallest absolute Gasteiger partial charge is 0.408 e. The van der Waals surface area contributed by atoms with Crippen molar-refractivity contribution in [3.63, 3.8) is 0 Å². The van der Waals surface area contributed by atoms with Crippen LogP contribution in [0.1, 0.15) is 87.0 Å². The van der Waals surface area contributed by atoms with Gasteiger partial charge in [0.25, 0.3) is 0 Å². The maximum Gasteiger partial charge on any atom is 0.408 e. The Kier molecular flexibility index (Phi) is 12.7. The maximum atomic E-state index is 14.1. The number of amides is 1. The average Bonchev–Trinajstić information content (AvgIpc) is 3.81. The number of ether oxygens (including phenoxy) is 5. The van der Waals surface area contributed by atoms with Gasteiger partial charge >= 0.3 is 12.1 Å². The molecule has 1 saturated carbocycles. The van der Waals surface area contributed by atoms with Crippen molar-refractivity contribution in [2.75, 3.05) is 27.2 Å². The number of carbonyl (C=O) groups is 3. The highest BCUT2D eigenvalue weighted by molar-refractivity contribution is 6.00. The van der Waals surface area contributed by atoms with E-state index in [-0.39, 0.29) is 29.9 Å². The topological polar surface area (TPSA) is 166 Å². The third-order valence-electron chi connectivity index (χ3n) is 10.9. The van der Waals surface area contributed by atoms with E-state index in [0.29, 0.717) is 31.8 Å². The predicted molar refractivity (Wildman–Crippen MR) is 175 cm³/mol. The van der Waals surface area contributed by atoms with Gasteiger partial charge in [-0.15, -0.1) is 0 Å². The summed E-state index contributed by atoms with van der Waals surface area (Å²) in [5.41, 5.74) is -2.16. The molecule has 13 atom stereocenters. The molecule has 5 N–H and O–H groups in total. The summed E-state index contributed by atoms with van der Waals surface area (Å²) in [6, 6.07) is -0.414. The van der Waals surface area contributed by atoms with Gasteiger partial charge in [0.05, 0.1) is 23.9 Å². The minimum absolute atomic E-state index is 0.0333. The number of cyclic esters (lactones) is 1. The summed E-state index contributed by atoms with van der Waals surface area (Å²) < 4.78 is 31.0. The summed E-state index contributed by atoms with van der Waals surface area (Å²) in [6.45, 7) is 14.2. The molecule has 0 spiro atoms. The second-order valence-electron chi connectivity index (χ2n) is 14.8. The van der Waals surface area contributed by atoms with Crippen LogP contribution in [-0.2, 0) is 33.3 Å². The van der Waals surface area contributed by atoms with Gasteiger partial charge in [-0.1, -0.05) is 20.8 Å². The quantitative estimate of drug-likeness (QED) is 0.180. The lowest BCUT2D eigenvalue weighted by Gasteiger charge is -2.46. The van der Waals surface area contributed by atoms with Crippen LogP contribution in [0.3, 0.4) is 0 Å².